The minimum Gasteiger partial charge on any atom is -0.344 e. The fraction of sp³-hybridized carbons (Fsp3) is 0.407. The zero-order valence-electron chi connectivity index (χ0n) is 18.3. The van der Waals surface area contributed by atoms with Gasteiger partial charge in [0.2, 0.25) is 0 Å². The van der Waals surface area contributed by atoms with E-state index in [0.29, 0.717) is 22.6 Å². The van der Waals surface area contributed by atoms with Gasteiger partial charge in [0, 0.05) is 16.5 Å². The highest BCUT2D eigenvalue weighted by Crippen LogP contribution is 2.57. The molecule has 3 unspecified atom stereocenters. The Morgan fingerprint density at radius 1 is 0.969 bits per heavy atom. The van der Waals surface area contributed by atoms with Gasteiger partial charge in [0.1, 0.15) is 0 Å². The second-order valence-electron chi connectivity index (χ2n) is 9.95. The first-order chi connectivity index (χ1) is 15.6. The molecule has 0 aliphatic heterocycles. The number of hydrogen-bond acceptors (Lipinski definition) is 2. The highest BCUT2D eigenvalue weighted by Gasteiger charge is 2.46. The number of carbonyl (C=O) groups is 1. The molecule has 2 aromatic carbocycles. The molecule has 7 rings (SSSR count). The van der Waals surface area contributed by atoms with Crippen LogP contribution in [0.3, 0.4) is 0 Å². The third-order valence-corrected chi connectivity index (χ3v) is 8.08. The van der Waals surface area contributed by atoms with Crippen molar-refractivity contribution < 1.29 is 4.79 Å². The maximum absolute atomic E-state index is 13.6. The minimum absolute atomic E-state index is 0.0634. The van der Waals surface area contributed by atoms with Crippen LogP contribution in [0.5, 0.6) is 0 Å². The number of nitrogens with zero attached hydrogens (tertiary/aromatic N) is 2. The Labute approximate surface area is 194 Å². The summed E-state index contributed by atoms with van der Waals surface area (Å²) in [5.74, 6) is 2.42. The lowest BCUT2D eigenvalue weighted by Crippen LogP contribution is -2.29. The van der Waals surface area contributed by atoms with E-state index in [1.165, 1.54) is 43.4 Å². The number of amides is 1. The van der Waals surface area contributed by atoms with Crippen LogP contribution in [0.25, 0.3) is 5.69 Å². The molecule has 3 aromatic rings. The fourth-order valence-corrected chi connectivity index (χ4v) is 6.71. The Morgan fingerprint density at radius 2 is 1.62 bits per heavy atom. The van der Waals surface area contributed by atoms with E-state index in [1.807, 2.05) is 49.4 Å². The van der Waals surface area contributed by atoms with Gasteiger partial charge in [-0.2, -0.15) is 5.10 Å². The zero-order valence-corrected chi connectivity index (χ0v) is 19.1. The van der Waals surface area contributed by atoms with Gasteiger partial charge in [-0.05, 0) is 86.6 Å². The number of aromatic nitrogens is 2. The number of rotatable bonds is 4. The SMILES string of the molecule is CC(NC(=O)c1nn(-c2ccc(Cl)cc2)c2c1C1CC3CC(C1)CC2C3)c1ccccc1. The van der Waals surface area contributed by atoms with Crippen molar-refractivity contribution in [2.45, 2.75) is 56.9 Å². The Balaban J connectivity index is 1.44. The van der Waals surface area contributed by atoms with Gasteiger partial charge in [-0.3, -0.25) is 4.79 Å². The van der Waals surface area contributed by atoms with Crippen molar-refractivity contribution in [2.24, 2.45) is 11.8 Å². The molecule has 0 radical (unpaired) electrons. The van der Waals surface area contributed by atoms with E-state index in [9.17, 15) is 4.79 Å². The summed E-state index contributed by atoms with van der Waals surface area (Å²) in [6.07, 6.45) is 6.20. The van der Waals surface area contributed by atoms with Crippen molar-refractivity contribution in [1.29, 1.82) is 0 Å². The Bertz CT molecular complexity index is 1140. The molecule has 0 spiro atoms. The van der Waals surface area contributed by atoms with Crippen LogP contribution in [0.15, 0.2) is 54.6 Å². The molecule has 32 heavy (non-hydrogen) atoms. The Kier molecular flexibility index (Phi) is 4.87. The van der Waals surface area contributed by atoms with E-state index in [-0.39, 0.29) is 11.9 Å². The summed E-state index contributed by atoms with van der Waals surface area (Å²) < 4.78 is 2.06. The van der Waals surface area contributed by atoms with E-state index in [4.69, 9.17) is 16.7 Å². The molecule has 2 saturated carbocycles. The van der Waals surface area contributed by atoms with Gasteiger partial charge in [0.15, 0.2) is 5.69 Å². The fourth-order valence-electron chi connectivity index (χ4n) is 6.59. The van der Waals surface area contributed by atoms with Crippen LogP contribution in [0.2, 0.25) is 5.02 Å². The second-order valence-corrected chi connectivity index (χ2v) is 10.4. The second kappa shape index (κ2) is 7.77. The average molecular weight is 446 g/mol. The number of halogens is 1. The van der Waals surface area contributed by atoms with Crippen LogP contribution in [-0.4, -0.2) is 15.7 Å². The molecule has 4 bridgehead atoms. The third-order valence-electron chi connectivity index (χ3n) is 7.83. The van der Waals surface area contributed by atoms with Crippen LogP contribution in [0.1, 0.15) is 84.2 Å². The van der Waals surface area contributed by atoms with Crippen LogP contribution < -0.4 is 5.32 Å². The van der Waals surface area contributed by atoms with Crippen molar-refractivity contribution in [1.82, 2.24) is 15.1 Å². The van der Waals surface area contributed by atoms with Gasteiger partial charge in [0.25, 0.3) is 5.91 Å². The Morgan fingerprint density at radius 3 is 2.31 bits per heavy atom. The summed E-state index contributed by atoms with van der Waals surface area (Å²) in [7, 11) is 0. The minimum atomic E-state index is -0.0708. The maximum atomic E-state index is 13.6. The summed E-state index contributed by atoms with van der Waals surface area (Å²) >= 11 is 6.16. The lowest BCUT2D eigenvalue weighted by molar-refractivity contribution is 0.0931. The molecule has 1 N–H and O–H groups in total. The molecule has 1 aromatic heterocycles. The van der Waals surface area contributed by atoms with Gasteiger partial charge in [-0.15, -0.1) is 0 Å². The lowest BCUT2D eigenvalue weighted by Gasteiger charge is -2.38. The Hall–Kier alpha value is -2.59. The molecule has 4 nitrogen and oxygen atoms in total. The predicted octanol–water partition coefficient (Wildman–Crippen LogP) is 6.41. The topological polar surface area (TPSA) is 46.9 Å². The molecular weight excluding hydrogens is 418 g/mol. The zero-order chi connectivity index (χ0) is 21.8. The normalized spacial score (nSPS) is 26.4. The first kappa shape index (κ1) is 20.0. The molecule has 2 fully saturated rings. The van der Waals surface area contributed by atoms with Crippen molar-refractivity contribution in [3.63, 3.8) is 0 Å². The first-order valence-electron chi connectivity index (χ1n) is 11.8. The third kappa shape index (κ3) is 3.36. The first-order valence-corrected chi connectivity index (χ1v) is 12.2. The molecular formula is C27H28ClN3O. The highest BCUT2D eigenvalue weighted by molar-refractivity contribution is 6.30. The highest BCUT2D eigenvalue weighted by atomic mass is 35.5. The van der Waals surface area contributed by atoms with E-state index >= 15 is 0 Å². The molecule has 5 heteroatoms. The number of benzene rings is 2. The van der Waals surface area contributed by atoms with Gasteiger partial charge >= 0.3 is 0 Å². The maximum Gasteiger partial charge on any atom is 0.272 e. The predicted molar refractivity (Wildman–Crippen MR) is 126 cm³/mol. The molecule has 3 atom stereocenters. The summed E-state index contributed by atoms with van der Waals surface area (Å²) in [6.45, 7) is 2.04. The van der Waals surface area contributed by atoms with Gasteiger partial charge in [-0.1, -0.05) is 41.9 Å². The quantitative estimate of drug-likeness (QED) is 0.504. The van der Waals surface area contributed by atoms with Crippen LogP contribution in [0, 0.1) is 11.8 Å². The largest absolute Gasteiger partial charge is 0.344 e. The number of carbonyl (C=O) groups excluding carboxylic acids is 1. The monoisotopic (exact) mass is 445 g/mol. The molecule has 1 amide bonds. The van der Waals surface area contributed by atoms with Crippen molar-refractivity contribution in [3.8, 4) is 5.69 Å². The average Bonchev–Trinajstić information content (AvgIpc) is 3.12. The van der Waals surface area contributed by atoms with Gasteiger partial charge in [0.05, 0.1) is 17.4 Å². The lowest BCUT2D eigenvalue weighted by atomic mass is 9.67. The van der Waals surface area contributed by atoms with Crippen molar-refractivity contribution >= 4 is 17.5 Å². The van der Waals surface area contributed by atoms with E-state index < -0.39 is 0 Å². The summed E-state index contributed by atoms with van der Waals surface area (Å²) in [4.78, 5) is 13.6. The summed E-state index contributed by atoms with van der Waals surface area (Å²) in [5, 5.41) is 8.90. The molecule has 0 saturated heterocycles. The van der Waals surface area contributed by atoms with Gasteiger partial charge in [-0.25, -0.2) is 4.68 Å². The molecule has 4 aliphatic rings. The van der Waals surface area contributed by atoms with E-state index in [2.05, 4.69) is 22.1 Å². The smallest absolute Gasteiger partial charge is 0.272 e. The number of nitrogens with one attached hydrogen (secondary N) is 1. The summed E-state index contributed by atoms with van der Waals surface area (Å²) in [6, 6.07) is 17.9. The molecule has 164 valence electrons. The van der Waals surface area contributed by atoms with Gasteiger partial charge < -0.3 is 5.32 Å². The molecule has 1 heterocycles. The standard InChI is InChI=1S/C27H28ClN3O/c1-16(19-5-3-2-4-6-19)29-27(32)25-24-20-12-17-11-18(13-20)15-21(14-17)26(24)31(30-25)23-9-7-22(28)8-10-23/h2-10,16-18,20-21H,11-15H2,1H3,(H,29,32). The van der Waals surface area contributed by atoms with Crippen LogP contribution in [0.4, 0.5) is 0 Å². The van der Waals surface area contributed by atoms with Crippen molar-refractivity contribution in [3.05, 3.63) is 82.1 Å². The van der Waals surface area contributed by atoms with Crippen molar-refractivity contribution in [2.75, 3.05) is 0 Å². The van der Waals surface area contributed by atoms with Crippen LogP contribution >= 0.6 is 11.6 Å². The number of hydrogen-bond donors (Lipinski definition) is 1. The summed E-state index contributed by atoms with van der Waals surface area (Å²) in [5.41, 5.74) is 5.20. The molecule has 4 aliphatic carbocycles. The van der Waals surface area contributed by atoms with E-state index in [1.54, 1.807) is 0 Å². The van der Waals surface area contributed by atoms with Crippen LogP contribution in [-0.2, 0) is 0 Å². The van der Waals surface area contributed by atoms with E-state index in [0.717, 1.165) is 23.1 Å².